The SMILES string of the molecule is NC(=O)C1CCN(C(=O)C[C@@H]2NCCNC2=O)CC1. The molecule has 2 rings (SSSR count). The zero-order chi connectivity index (χ0) is 13.8. The Morgan fingerprint density at radius 3 is 2.53 bits per heavy atom. The molecule has 2 aliphatic rings. The van der Waals surface area contributed by atoms with Crippen LogP contribution in [0.1, 0.15) is 19.3 Å². The number of hydrogen-bond acceptors (Lipinski definition) is 4. The van der Waals surface area contributed by atoms with Crippen LogP contribution in [0.4, 0.5) is 0 Å². The maximum absolute atomic E-state index is 12.1. The third-order valence-corrected chi connectivity index (χ3v) is 3.76. The van der Waals surface area contributed by atoms with Gasteiger partial charge < -0.3 is 21.3 Å². The number of primary amides is 1. The highest BCUT2D eigenvalue weighted by atomic mass is 16.2. The Labute approximate surface area is 111 Å². The lowest BCUT2D eigenvalue weighted by molar-refractivity contribution is -0.137. The number of amides is 3. The fourth-order valence-electron chi connectivity index (χ4n) is 2.53. The van der Waals surface area contributed by atoms with Crippen LogP contribution in [0.3, 0.4) is 0 Å². The molecule has 0 spiro atoms. The van der Waals surface area contributed by atoms with Crippen molar-refractivity contribution in [2.24, 2.45) is 11.7 Å². The van der Waals surface area contributed by atoms with Crippen molar-refractivity contribution in [1.82, 2.24) is 15.5 Å². The molecule has 0 bridgehead atoms. The first-order chi connectivity index (χ1) is 9.08. The van der Waals surface area contributed by atoms with Crippen LogP contribution in [0.5, 0.6) is 0 Å². The minimum absolute atomic E-state index is 0.0440. The third-order valence-electron chi connectivity index (χ3n) is 3.76. The lowest BCUT2D eigenvalue weighted by Crippen LogP contribution is -2.55. The Morgan fingerprint density at radius 1 is 1.26 bits per heavy atom. The first-order valence-electron chi connectivity index (χ1n) is 6.66. The highest BCUT2D eigenvalue weighted by Gasteiger charge is 2.29. The van der Waals surface area contributed by atoms with Gasteiger partial charge in [0, 0.05) is 32.1 Å². The number of nitrogens with one attached hydrogen (secondary N) is 2. The van der Waals surface area contributed by atoms with Crippen LogP contribution in [-0.2, 0) is 14.4 Å². The van der Waals surface area contributed by atoms with Crippen LogP contribution in [0, 0.1) is 5.92 Å². The predicted octanol–water partition coefficient (Wildman–Crippen LogP) is -1.81. The number of carbonyl (C=O) groups is 3. The molecule has 19 heavy (non-hydrogen) atoms. The van der Waals surface area contributed by atoms with Crippen molar-refractivity contribution < 1.29 is 14.4 Å². The molecular weight excluding hydrogens is 248 g/mol. The number of carbonyl (C=O) groups excluding carboxylic acids is 3. The quantitative estimate of drug-likeness (QED) is 0.561. The number of piperazine rings is 1. The Morgan fingerprint density at radius 2 is 1.95 bits per heavy atom. The lowest BCUT2D eigenvalue weighted by atomic mass is 9.96. The highest BCUT2D eigenvalue weighted by molar-refractivity contribution is 5.89. The van der Waals surface area contributed by atoms with E-state index in [-0.39, 0.29) is 30.1 Å². The van der Waals surface area contributed by atoms with Crippen molar-refractivity contribution in [1.29, 1.82) is 0 Å². The van der Waals surface area contributed by atoms with Gasteiger partial charge in [-0.25, -0.2) is 0 Å². The van der Waals surface area contributed by atoms with E-state index in [0.29, 0.717) is 39.0 Å². The topological polar surface area (TPSA) is 105 Å². The van der Waals surface area contributed by atoms with E-state index in [4.69, 9.17) is 5.73 Å². The van der Waals surface area contributed by atoms with E-state index in [2.05, 4.69) is 10.6 Å². The molecular formula is C12H20N4O3. The van der Waals surface area contributed by atoms with E-state index in [1.807, 2.05) is 0 Å². The van der Waals surface area contributed by atoms with Crippen molar-refractivity contribution in [2.45, 2.75) is 25.3 Å². The molecule has 0 aromatic rings. The van der Waals surface area contributed by atoms with Gasteiger partial charge in [-0.3, -0.25) is 14.4 Å². The largest absolute Gasteiger partial charge is 0.369 e. The molecule has 3 amide bonds. The smallest absolute Gasteiger partial charge is 0.237 e. The molecule has 4 N–H and O–H groups in total. The number of hydrogen-bond donors (Lipinski definition) is 3. The fraction of sp³-hybridized carbons (Fsp3) is 0.750. The molecule has 2 fully saturated rings. The number of rotatable bonds is 3. The van der Waals surface area contributed by atoms with Gasteiger partial charge in [0.1, 0.15) is 0 Å². The number of nitrogens with two attached hydrogens (primary N) is 1. The molecule has 1 atom stereocenters. The van der Waals surface area contributed by atoms with Crippen LogP contribution in [0.25, 0.3) is 0 Å². The van der Waals surface area contributed by atoms with Gasteiger partial charge in [-0.1, -0.05) is 0 Å². The normalized spacial score (nSPS) is 24.9. The zero-order valence-corrected chi connectivity index (χ0v) is 10.9. The van der Waals surface area contributed by atoms with E-state index in [0.717, 1.165) is 0 Å². The molecule has 0 saturated carbocycles. The second kappa shape index (κ2) is 6.01. The van der Waals surface area contributed by atoms with Crippen molar-refractivity contribution in [3.05, 3.63) is 0 Å². The van der Waals surface area contributed by atoms with Crippen LogP contribution in [0.15, 0.2) is 0 Å². The summed E-state index contributed by atoms with van der Waals surface area (Å²) in [5, 5.41) is 5.76. The van der Waals surface area contributed by atoms with Crippen LogP contribution < -0.4 is 16.4 Å². The van der Waals surface area contributed by atoms with Gasteiger partial charge in [0.2, 0.25) is 17.7 Å². The van der Waals surface area contributed by atoms with E-state index in [9.17, 15) is 14.4 Å². The minimum atomic E-state index is -0.435. The van der Waals surface area contributed by atoms with Gasteiger partial charge in [-0.15, -0.1) is 0 Å². The predicted molar refractivity (Wildman–Crippen MR) is 67.9 cm³/mol. The summed E-state index contributed by atoms with van der Waals surface area (Å²) in [4.78, 5) is 36.4. The summed E-state index contributed by atoms with van der Waals surface area (Å²) in [6.45, 7) is 2.38. The average molecular weight is 268 g/mol. The van der Waals surface area contributed by atoms with E-state index >= 15 is 0 Å². The second-order valence-electron chi connectivity index (χ2n) is 5.06. The van der Waals surface area contributed by atoms with Gasteiger partial charge in [0.25, 0.3) is 0 Å². The lowest BCUT2D eigenvalue weighted by Gasteiger charge is -2.32. The number of nitrogens with zero attached hydrogens (tertiary/aromatic N) is 1. The summed E-state index contributed by atoms with van der Waals surface area (Å²) in [5.41, 5.74) is 5.25. The summed E-state index contributed by atoms with van der Waals surface area (Å²) in [6.07, 6.45) is 1.41. The molecule has 0 radical (unpaired) electrons. The molecule has 0 aromatic carbocycles. The molecule has 7 heteroatoms. The number of likely N-dealkylation sites (tertiary alicyclic amines) is 1. The molecule has 7 nitrogen and oxygen atoms in total. The highest BCUT2D eigenvalue weighted by Crippen LogP contribution is 2.17. The molecule has 2 heterocycles. The van der Waals surface area contributed by atoms with Crippen LogP contribution in [-0.4, -0.2) is 54.8 Å². The maximum Gasteiger partial charge on any atom is 0.237 e. The Bertz CT molecular complexity index is 377. The van der Waals surface area contributed by atoms with Crippen molar-refractivity contribution >= 4 is 17.7 Å². The van der Waals surface area contributed by atoms with Gasteiger partial charge in [0.05, 0.1) is 12.5 Å². The molecule has 0 unspecified atom stereocenters. The van der Waals surface area contributed by atoms with Crippen molar-refractivity contribution in [3.8, 4) is 0 Å². The summed E-state index contributed by atoms with van der Waals surface area (Å²) in [5.74, 6) is -0.579. The third kappa shape index (κ3) is 3.44. The number of piperidine rings is 1. The maximum atomic E-state index is 12.1. The molecule has 2 saturated heterocycles. The summed E-state index contributed by atoms with van der Waals surface area (Å²) >= 11 is 0. The Balaban J connectivity index is 1.81. The van der Waals surface area contributed by atoms with Gasteiger partial charge >= 0.3 is 0 Å². The second-order valence-corrected chi connectivity index (χ2v) is 5.06. The molecule has 0 aromatic heterocycles. The van der Waals surface area contributed by atoms with Gasteiger partial charge in [-0.05, 0) is 12.8 Å². The first kappa shape index (κ1) is 13.8. The molecule has 2 aliphatic heterocycles. The van der Waals surface area contributed by atoms with Gasteiger partial charge in [-0.2, -0.15) is 0 Å². The van der Waals surface area contributed by atoms with E-state index in [1.165, 1.54) is 0 Å². The Hall–Kier alpha value is -1.63. The minimum Gasteiger partial charge on any atom is -0.369 e. The average Bonchev–Trinajstić information content (AvgIpc) is 2.41. The summed E-state index contributed by atoms with van der Waals surface area (Å²) < 4.78 is 0. The van der Waals surface area contributed by atoms with Crippen LogP contribution in [0.2, 0.25) is 0 Å². The van der Waals surface area contributed by atoms with Gasteiger partial charge in [0.15, 0.2) is 0 Å². The molecule has 106 valence electrons. The van der Waals surface area contributed by atoms with Crippen molar-refractivity contribution in [2.75, 3.05) is 26.2 Å². The van der Waals surface area contributed by atoms with E-state index in [1.54, 1.807) is 4.90 Å². The fourth-order valence-corrected chi connectivity index (χ4v) is 2.53. The zero-order valence-electron chi connectivity index (χ0n) is 10.9. The van der Waals surface area contributed by atoms with E-state index < -0.39 is 6.04 Å². The monoisotopic (exact) mass is 268 g/mol. The standard InChI is InChI=1S/C12H20N4O3/c13-11(18)8-1-5-16(6-2-8)10(17)7-9-12(19)15-4-3-14-9/h8-9,14H,1-7H2,(H2,13,18)(H,15,19)/t9-/m0/s1. The molecule has 0 aliphatic carbocycles. The van der Waals surface area contributed by atoms with Crippen LogP contribution >= 0.6 is 0 Å². The first-order valence-corrected chi connectivity index (χ1v) is 6.66. The summed E-state index contributed by atoms with van der Waals surface area (Å²) in [7, 11) is 0. The Kier molecular flexibility index (Phi) is 4.36. The summed E-state index contributed by atoms with van der Waals surface area (Å²) in [6, 6.07) is -0.435. The van der Waals surface area contributed by atoms with Crippen molar-refractivity contribution in [3.63, 3.8) is 0 Å².